The predicted molar refractivity (Wildman–Crippen MR) is 87.5 cm³/mol. The van der Waals surface area contributed by atoms with Crippen molar-refractivity contribution in [2.75, 3.05) is 11.1 Å². The highest BCUT2D eigenvalue weighted by Gasteiger charge is 2.14. The highest BCUT2D eigenvalue weighted by atomic mass is 32.2. The second kappa shape index (κ2) is 7.56. The molecule has 0 saturated heterocycles. The fourth-order valence-electron chi connectivity index (χ4n) is 2.07. The molecule has 2 aromatic rings. The fourth-order valence-corrected chi connectivity index (χ4v) is 3.40. The number of carbonyl (C=O) groups excluding carboxylic acids is 1. The summed E-state index contributed by atoms with van der Waals surface area (Å²) in [6.45, 7) is 0. The SMILES string of the molecule is N#Cc1ccccc1NC(=O)CCCS(=O)(=O)c1ccccc1. The van der Waals surface area contributed by atoms with E-state index in [2.05, 4.69) is 5.32 Å². The molecule has 0 aliphatic carbocycles. The lowest BCUT2D eigenvalue weighted by Crippen LogP contribution is -2.15. The molecule has 0 saturated carbocycles. The van der Waals surface area contributed by atoms with E-state index < -0.39 is 9.84 Å². The van der Waals surface area contributed by atoms with Crippen LogP contribution in [0.5, 0.6) is 0 Å². The van der Waals surface area contributed by atoms with Crippen LogP contribution in [0.3, 0.4) is 0 Å². The highest BCUT2D eigenvalue weighted by Crippen LogP contribution is 2.15. The molecule has 1 amide bonds. The standard InChI is InChI=1S/C17H16N2O3S/c18-13-14-7-4-5-10-16(14)19-17(20)11-6-12-23(21,22)15-8-2-1-3-9-15/h1-5,7-10H,6,11-12H2,(H,19,20). The maximum atomic E-state index is 12.1. The third-order valence-corrected chi connectivity index (χ3v) is 5.06. The van der Waals surface area contributed by atoms with Gasteiger partial charge in [-0.3, -0.25) is 4.79 Å². The maximum Gasteiger partial charge on any atom is 0.224 e. The molecule has 0 aliphatic heterocycles. The van der Waals surface area contributed by atoms with Gasteiger partial charge in [-0.15, -0.1) is 0 Å². The summed E-state index contributed by atoms with van der Waals surface area (Å²) in [7, 11) is -3.37. The van der Waals surface area contributed by atoms with E-state index in [1.165, 1.54) is 0 Å². The van der Waals surface area contributed by atoms with Gasteiger partial charge >= 0.3 is 0 Å². The van der Waals surface area contributed by atoms with Gasteiger partial charge in [0, 0.05) is 6.42 Å². The monoisotopic (exact) mass is 328 g/mol. The minimum atomic E-state index is -3.37. The Morgan fingerprint density at radius 3 is 2.39 bits per heavy atom. The number of benzene rings is 2. The molecule has 2 rings (SSSR count). The van der Waals surface area contributed by atoms with Crippen LogP contribution < -0.4 is 5.32 Å². The van der Waals surface area contributed by atoms with E-state index in [1.54, 1.807) is 54.6 Å². The molecular formula is C17H16N2O3S. The molecule has 0 atom stereocenters. The Kier molecular flexibility index (Phi) is 5.50. The Morgan fingerprint density at radius 2 is 1.70 bits per heavy atom. The number of hydrogen-bond acceptors (Lipinski definition) is 4. The first-order valence-electron chi connectivity index (χ1n) is 7.10. The van der Waals surface area contributed by atoms with Gasteiger partial charge < -0.3 is 5.32 Å². The van der Waals surface area contributed by atoms with Gasteiger partial charge in [0.15, 0.2) is 9.84 Å². The molecular weight excluding hydrogens is 312 g/mol. The lowest BCUT2D eigenvalue weighted by Gasteiger charge is -2.07. The molecule has 0 unspecified atom stereocenters. The van der Waals surface area contributed by atoms with E-state index in [0.717, 1.165) is 0 Å². The summed E-state index contributed by atoms with van der Waals surface area (Å²) in [5.74, 6) is -0.402. The summed E-state index contributed by atoms with van der Waals surface area (Å²) in [6, 6.07) is 16.8. The van der Waals surface area contributed by atoms with Gasteiger partial charge in [-0.1, -0.05) is 30.3 Å². The molecule has 0 aliphatic rings. The Hall–Kier alpha value is -2.65. The maximum absolute atomic E-state index is 12.1. The van der Waals surface area contributed by atoms with Crippen LogP contribution in [-0.2, 0) is 14.6 Å². The predicted octanol–water partition coefficient (Wildman–Crippen LogP) is 2.75. The van der Waals surface area contributed by atoms with Gasteiger partial charge in [0.05, 0.1) is 21.9 Å². The van der Waals surface area contributed by atoms with Crippen molar-refractivity contribution in [3.8, 4) is 6.07 Å². The molecule has 0 bridgehead atoms. The van der Waals surface area contributed by atoms with Crippen molar-refractivity contribution in [2.45, 2.75) is 17.7 Å². The van der Waals surface area contributed by atoms with Crippen molar-refractivity contribution in [1.29, 1.82) is 5.26 Å². The Morgan fingerprint density at radius 1 is 1.04 bits per heavy atom. The first-order chi connectivity index (χ1) is 11.0. The number of amides is 1. The van der Waals surface area contributed by atoms with E-state index in [0.29, 0.717) is 11.3 Å². The van der Waals surface area contributed by atoms with Crippen molar-refractivity contribution < 1.29 is 13.2 Å². The van der Waals surface area contributed by atoms with Crippen LogP contribution in [0.2, 0.25) is 0 Å². The van der Waals surface area contributed by atoms with Crippen LogP contribution >= 0.6 is 0 Å². The third-order valence-electron chi connectivity index (χ3n) is 3.24. The zero-order chi connectivity index (χ0) is 16.7. The molecule has 118 valence electrons. The van der Waals surface area contributed by atoms with Gasteiger partial charge in [0.2, 0.25) is 5.91 Å². The summed E-state index contributed by atoms with van der Waals surface area (Å²) in [6.07, 6.45) is 0.295. The first-order valence-corrected chi connectivity index (χ1v) is 8.75. The van der Waals surface area contributed by atoms with Crippen molar-refractivity contribution in [2.24, 2.45) is 0 Å². The summed E-state index contributed by atoms with van der Waals surface area (Å²) in [5.41, 5.74) is 0.809. The number of carbonyl (C=O) groups is 1. The number of para-hydroxylation sites is 1. The first kappa shape index (κ1) is 16.7. The summed E-state index contributed by atoms with van der Waals surface area (Å²) in [4.78, 5) is 12.1. The quantitative estimate of drug-likeness (QED) is 0.883. The molecule has 6 heteroatoms. The zero-order valence-corrected chi connectivity index (χ0v) is 13.2. The van der Waals surface area contributed by atoms with Gasteiger partial charge in [-0.25, -0.2) is 8.42 Å². The average Bonchev–Trinajstić information content (AvgIpc) is 2.56. The average molecular weight is 328 g/mol. The smallest absolute Gasteiger partial charge is 0.224 e. The Bertz CT molecular complexity index is 824. The Labute approximate surface area is 135 Å². The lowest BCUT2D eigenvalue weighted by atomic mass is 10.2. The largest absolute Gasteiger partial charge is 0.325 e. The molecule has 2 aromatic carbocycles. The van der Waals surface area contributed by atoms with Gasteiger partial charge in [0.25, 0.3) is 0 Å². The van der Waals surface area contributed by atoms with Crippen LogP contribution in [0.1, 0.15) is 18.4 Å². The second-order valence-electron chi connectivity index (χ2n) is 4.94. The third kappa shape index (κ3) is 4.66. The molecule has 0 fully saturated rings. The van der Waals surface area contributed by atoms with E-state index >= 15 is 0 Å². The van der Waals surface area contributed by atoms with E-state index in [9.17, 15) is 13.2 Å². The van der Waals surface area contributed by atoms with Crippen molar-refractivity contribution in [3.63, 3.8) is 0 Å². The highest BCUT2D eigenvalue weighted by molar-refractivity contribution is 7.91. The van der Waals surface area contributed by atoms with Gasteiger partial charge in [-0.2, -0.15) is 5.26 Å². The van der Waals surface area contributed by atoms with E-state index in [4.69, 9.17) is 5.26 Å². The summed E-state index contributed by atoms with van der Waals surface area (Å²) >= 11 is 0. The topological polar surface area (TPSA) is 87.0 Å². The lowest BCUT2D eigenvalue weighted by molar-refractivity contribution is -0.116. The fraction of sp³-hybridized carbons (Fsp3) is 0.176. The minimum absolute atomic E-state index is 0.0752. The summed E-state index contributed by atoms with van der Waals surface area (Å²) < 4.78 is 24.2. The molecule has 1 N–H and O–H groups in total. The second-order valence-corrected chi connectivity index (χ2v) is 7.05. The number of rotatable bonds is 6. The van der Waals surface area contributed by atoms with Crippen molar-refractivity contribution in [1.82, 2.24) is 0 Å². The van der Waals surface area contributed by atoms with Crippen LogP contribution in [0, 0.1) is 11.3 Å². The van der Waals surface area contributed by atoms with Gasteiger partial charge in [0.1, 0.15) is 6.07 Å². The van der Waals surface area contributed by atoms with Crippen LogP contribution in [-0.4, -0.2) is 20.1 Å². The molecule has 5 nitrogen and oxygen atoms in total. The summed E-state index contributed by atoms with van der Waals surface area (Å²) in [5, 5.41) is 11.6. The zero-order valence-electron chi connectivity index (χ0n) is 12.4. The number of hydrogen-bond donors (Lipinski definition) is 1. The van der Waals surface area contributed by atoms with Crippen molar-refractivity contribution in [3.05, 3.63) is 60.2 Å². The minimum Gasteiger partial charge on any atom is -0.325 e. The van der Waals surface area contributed by atoms with E-state index in [-0.39, 0.29) is 29.4 Å². The molecule has 0 heterocycles. The molecule has 0 aromatic heterocycles. The number of nitriles is 1. The number of anilines is 1. The molecule has 0 spiro atoms. The molecule has 23 heavy (non-hydrogen) atoms. The van der Waals surface area contributed by atoms with E-state index in [1.807, 2.05) is 6.07 Å². The van der Waals surface area contributed by atoms with Crippen molar-refractivity contribution >= 4 is 21.4 Å². The van der Waals surface area contributed by atoms with Crippen LogP contribution in [0.15, 0.2) is 59.5 Å². The normalized spacial score (nSPS) is 10.7. The van der Waals surface area contributed by atoms with Gasteiger partial charge in [-0.05, 0) is 30.7 Å². The molecule has 0 radical (unpaired) electrons. The number of nitrogens with zero attached hydrogens (tertiary/aromatic N) is 1. The van der Waals surface area contributed by atoms with Crippen LogP contribution in [0.4, 0.5) is 5.69 Å². The number of sulfone groups is 1. The van der Waals surface area contributed by atoms with Crippen LogP contribution in [0.25, 0.3) is 0 Å². The Balaban J connectivity index is 1.89. The number of nitrogens with one attached hydrogen (secondary N) is 1.